The number of carbonyl (C=O) groups excluding carboxylic acids is 1. The largest absolute Gasteiger partial charge is 0.507 e. The smallest absolute Gasteiger partial charge is 0.305 e. The molecule has 0 aliphatic heterocycles. The number of aryl methyl sites for hydroxylation is 1. The molecule has 0 atom stereocenters. The van der Waals surface area contributed by atoms with E-state index in [-0.39, 0.29) is 16.8 Å². The number of phenols is 1. The van der Waals surface area contributed by atoms with Crippen molar-refractivity contribution < 1.29 is 14.6 Å². The van der Waals surface area contributed by atoms with E-state index < -0.39 is 0 Å². The Balaban J connectivity index is 3.16. The first-order valence-corrected chi connectivity index (χ1v) is 7.90. The highest BCUT2D eigenvalue weighted by Gasteiger charge is 2.26. The van der Waals surface area contributed by atoms with Gasteiger partial charge in [0.25, 0.3) is 0 Å². The molecule has 0 aromatic heterocycles. The quantitative estimate of drug-likeness (QED) is 0.834. The van der Waals surface area contributed by atoms with Gasteiger partial charge in [0.2, 0.25) is 0 Å². The van der Waals surface area contributed by atoms with Crippen LogP contribution in [0.25, 0.3) is 0 Å². The summed E-state index contributed by atoms with van der Waals surface area (Å²) in [5.41, 5.74) is 2.85. The van der Waals surface area contributed by atoms with Crippen LogP contribution in [-0.4, -0.2) is 18.2 Å². The zero-order valence-corrected chi connectivity index (χ0v) is 15.0. The Morgan fingerprint density at radius 2 is 1.50 bits per heavy atom. The molecule has 22 heavy (non-hydrogen) atoms. The molecule has 1 rings (SSSR count). The van der Waals surface area contributed by atoms with Crippen LogP contribution in [0, 0.1) is 0 Å². The fraction of sp³-hybridized carbons (Fsp3) is 0.632. The molecule has 0 saturated carbocycles. The average molecular weight is 306 g/mol. The molecule has 0 spiro atoms. The maximum atomic E-state index is 11.2. The van der Waals surface area contributed by atoms with E-state index in [0.29, 0.717) is 12.2 Å². The molecule has 0 aliphatic carbocycles. The first kappa shape index (κ1) is 18.5. The molecule has 3 nitrogen and oxygen atoms in total. The van der Waals surface area contributed by atoms with Crippen LogP contribution >= 0.6 is 0 Å². The van der Waals surface area contributed by atoms with Crippen LogP contribution in [0.5, 0.6) is 5.75 Å². The average Bonchev–Trinajstić information content (AvgIpc) is 2.37. The second kappa shape index (κ2) is 6.72. The van der Waals surface area contributed by atoms with Crippen LogP contribution in [0.3, 0.4) is 0 Å². The van der Waals surface area contributed by atoms with Crippen molar-refractivity contribution in [3.63, 3.8) is 0 Å². The van der Waals surface area contributed by atoms with E-state index >= 15 is 0 Å². The van der Waals surface area contributed by atoms with Gasteiger partial charge >= 0.3 is 5.97 Å². The Morgan fingerprint density at radius 3 is 1.86 bits per heavy atom. The van der Waals surface area contributed by atoms with Gasteiger partial charge in [-0.3, -0.25) is 4.79 Å². The fourth-order valence-corrected chi connectivity index (χ4v) is 2.52. The number of hydrogen-bond acceptors (Lipinski definition) is 3. The van der Waals surface area contributed by atoms with Gasteiger partial charge in [-0.1, -0.05) is 53.7 Å². The van der Waals surface area contributed by atoms with E-state index in [1.165, 1.54) is 7.11 Å². The predicted molar refractivity (Wildman–Crippen MR) is 90.5 cm³/mol. The van der Waals surface area contributed by atoms with Gasteiger partial charge in [0, 0.05) is 6.42 Å². The van der Waals surface area contributed by atoms with E-state index in [1.807, 2.05) is 0 Å². The SMILES string of the molecule is COC(=O)CCCc1cc(C(C)(C)C)c(O)c(C(C)(C)C)c1. The van der Waals surface area contributed by atoms with Crippen molar-refractivity contribution >= 4 is 5.97 Å². The zero-order chi connectivity index (χ0) is 17.1. The molecule has 3 heteroatoms. The normalized spacial score (nSPS) is 12.3. The van der Waals surface area contributed by atoms with E-state index in [2.05, 4.69) is 58.4 Å². The number of esters is 1. The van der Waals surface area contributed by atoms with Crippen LogP contribution in [0.4, 0.5) is 0 Å². The van der Waals surface area contributed by atoms with Gasteiger partial charge in [-0.25, -0.2) is 0 Å². The van der Waals surface area contributed by atoms with E-state index in [9.17, 15) is 9.90 Å². The third-order valence-corrected chi connectivity index (χ3v) is 3.86. The number of aromatic hydroxyl groups is 1. The summed E-state index contributed by atoms with van der Waals surface area (Å²) in [6.07, 6.45) is 1.99. The Kier molecular flexibility index (Phi) is 5.66. The third kappa shape index (κ3) is 4.75. The number of rotatable bonds is 4. The van der Waals surface area contributed by atoms with Crippen molar-refractivity contribution in [2.45, 2.75) is 71.6 Å². The number of hydrogen-bond donors (Lipinski definition) is 1. The van der Waals surface area contributed by atoms with Gasteiger partial charge in [0.1, 0.15) is 5.75 Å². The van der Waals surface area contributed by atoms with Crippen molar-refractivity contribution in [2.75, 3.05) is 7.11 Å². The second-order valence-electron chi connectivity index (χ2n) is 7.97. The molecule has 0 aliphatic rings. The topological polar surface area (TPSA) is 46.5 Å². The lowest BCUT2D eigenvalue weighted by Crippen LogP contribution is -2.18. The van der Waals surface area contributed by atoms with Gasteiger partial charge in [-0.05, 0) is 40.4 Å². The van der Waals surface area contributed by atoms with Crippen LogP contribution in [-0.2, 0) is 26.8 Å². The molecule has 0 fully saturated rings. The highest BCUT2D eigenvalue weighted by atomic mass is 16.5. The van der Waals surface area contributed by atoms with Gasteiger partial charge in [-0.2, -0.15) is 0 Å². The van der Waals surface area contributed by atoms with Gasteiger partial charge < -0.3 is 9.84 Å². The summed E-state index contributed by atoms with van der Waals surface area (Å²) >= 11 is 0. The highest BCUT2D eigenvalue weighted by molar-refractivity contribution is 5.69. The first-order chi connectivity index (χ1) is 9.96. The summed E-state index contributed by atoms with van der Waals surface area (Å²) in [4.78, 5) is 11.2. The summed E-state index contributed by atoms with van der Waals surface area (Å²) in [5, 5.41) is 10.7. The minimum absolute atomic E-state index is 0.123. The first-order valence-electron chi connectivity index (χ1n) is 7.90. The number of carbonyl (C=O) groups is 1. The molecular formula is C19H30O3. The number of phenolic OH excluding ortho intramolecular Hbond substituents is 1. The minimum atomic E-state index is -0.175. The lowest BCUT2D eigenvalue weighted by molar-refractivity contribution is -0.140. The van der Waals surface area contributed by atoms with Crippen molar-refractivity contribution in [3.05, 3.63) is 28.8 Å². The Hall–Kier alpha value is -1.51. The molecule has 0 heterocycles. The van der Waals surface area contributed by atoms with Gasteiger partial charge in [-0.15, -0.1) is 0 Å². The Bertz CT molecular complexity index is 496. The van der Waals surface area contributed by atoms with Gasteiger partial charge in [0.05, 0.1) is 7.11 Å². The lowest BCUT2D eigenvalue weighted by atomic mass is 9.78. The molecule has 124 valence electrons. The summed E-state index contributed by atoms with van der Waals surface area (Å²) in [6, 6.07) is 4.14. The van der Waals surface area contributed by atoms with Crippen LogP contribution < -0.4 is 0 Å². The van der Waals surface area contributed by atoms with Gasteiger partial charge in [0.15, 0.2) is 0 Å². The van der Waals surface area contributed by atoms with Crippen molar-refractivity contribution in [1.82, 2.24) is 0 Å². The summed E-state index contributed by atoms with van der Waals surface area (Å²) < 4.78 is 4.68. The molecule has 0 unspecified atom stereocenters. The van der Waals surface area contributed by atoms with E-state index in [1.54, 1.807) is 0 Å². The van der Waals surface area contributed by atoms with Crippen LogP contribution in [0.1, 0.15) is 71.1 Å². The summed E-state index contributed by atoms with van der Waals surface area (Å²) in [6.45, 7) is 12.6. The Morgan fingerprint density at radius 1 is 1.05 bits per heavy atom. The maximum absolute atomic E-state index is 11.2. The predicted octanol–water partition coefficient (Wildman–Crippen LogP) is 4.48. The molecule has 0 bridgehead atoms. The fourth-order valence-electron chi connectivity index (χ4n) is 2.52. The second-order valence-corrected chi connectivity index (χ2v) is 7.97. The number of benzene rings is 1. The monoisotopic (exact) mass is 306 g/mol. The standard InChI is InChI=1S/C19H30O3/c1-18(2,3)14-11-13(9-8-10-16(20)22-7)12-15(17(14)21)19(4,5)6/h11-12,21H,8-10H2,1-7H3. The molecule has 0 amide bonds. The lowest BCUT2D eigenvalue weighted by Gasteiger charge is -2.28. The van der Waals surface area contributed by atoms with Crippen LogP contribution in [0.15, 0.2) is 12.1 Å². The Labute approximate surface area is 134 Å². The van der Waals surface area contributed by atoms with Crippen LogP contribution in [0.2, 0.25) is 0 Å². The van der Waals surface area contributed by atoms with E-state index in [0.717, 1.165) is 29.5 Å². The highest BCUT2D eigenvalue weighted by Crippen LogP contribution is 2.39. The number of ether oxygens (including phenoxy) is 1. The molecular weight excluding hydrogens is 276 g/mol. The third-order valence-electron chi connectivity index (χ3n) is 3.86. The molecule has 1 aromatic carbocycles. The molecule has 0 saturated heterocycles. The number of methoxy groups -OCH3 is 1. The van der Waals surface area contributed by atoms with E-state index in [4.69, 9.17) is 0 Å². The molecule has 0 radical (unpaired) electrons. The summed E-state index contributed by atoms with van der Waals surface area (Å²) in [5.74, 6) is 0.225. The minimum Gasteiger partial charge on any atom is -0.507 e. The molecule has 1 N–H and O–H groups in total. The molecule has 1 aromatic rings. The summed E-state index contributed by atoms with van der Waals surface area (Å²) in [7, 11) is 1.41. The van der Waals surface area contributed by atoms with Crippen molar-refractivity contribution in [1.29, 1.82) is 0 Å². The van der Waals surface area contributed by atoms with Crippen molar-refractivity contribution in [3.8, 4) is 5.75 Å². The maximum Gasteiger partial charge on any atom is 0.305 e. The zero-order valence-electron chi connectivity index (χ0n) is 15.0. The van der Waals surface area contributed by atoms with Crippen molar-refractivity contribution in [2.24, 2.45) is 0 Å².